The quantitative estimate of drug-likeness (QED) is 0.803. The maximum Gasteiger partial charge on any atom is 0.289 e. The van der Waals surface area contributed by atoms with Gasteiger partial charge < -0.3 is 9.32 Å². The first kappa shape index (κ1) is 15.4. The van der Waals surface area contributed by atoms with Gasteiger partial charge in [0.05, 0.1) is 0 Å². The lowest BCUT2D eigenvalue weighted by atomic mass is 10.0. The molecular weight excluding hydrogens is 302 g/mol. The number of halogens is 1. The minimum absolute atomic E-state index is 0.0364. The van der Waals surface area contributed by atoms with Crippen molar-refractivity contribution in [3.8, 4) is 0 Å². The van der Waals surface area contributed by atoms with E-state index in [0.717, 1.165) is 12.8 Å². The summed E-state index contributed by atoms with van der Waals surface area (Å²) in [7, 11) is 1.42. The Hall–Kier alpha value is -1.01. The molecule has 2 rings (SSSR count). The van der Waals surface area contributed by atoms with Crippen LogP contribution >= 0.6 is 10.7 Å². The smallest absolute Gasteiger partial charge is 0.289 e. The second-order valence-electron chi connectivity index (χ2n) is 5.42. The van der Waals surface area contributed by atoms with E-state index in [0.29, 0.717) is 12.5 Å². The van der Waals surface area contributed by atoms with Crippen LogP contribution in [0.4, 0.5) is 0 Å². The number of nitrogens with zero attached hydrogens (tertiary/aromatic N) is 1. The lowest BCUT2D eigenvalue weighted by Crippen LogP contribution is -2.38. The molecule has 1 aromatic rings. The van der Waals surface area contributed by atoms with E-state index in [9.17, 15) is 13.2 Å². The van der Waals surface area contributed by atoms with Gasteiger partial charge in [-0.25, -0.2) is 8.42 Å². The normalized spacial score (nSPS) is 19.9. The summed E-state index contributed by atoms with van der Waals surface area (Å²) in [5.41, 5.74) is 0. The third-order valence-electron chi connectivity index (χ3n) is 3.68. The van der Waals surface area contributed by atoms with Gasteiger partial charge in [0.2, 0.25) is 0 Å². The number of amides is 1. The van der Waals surface area contributed by atoms with Crippen LogP contribution < -0.4 is 0 Å². The van der Waals surface area contributed by atoms with Gasteiger partial charge in [0.25, 0.3) is 15.0 Å². The topological polar surface area (TPSA) is 67.6 Å². The Morgan fingerprint density at radius 3 is 2.65 bits per heavy atom. The summed E-state index contributed by atoms with van der Waals surface area (Å²) in [6.07, 6.45) is 1.92. The lowest BCUT2D eigenvalue weighted by molar-refractivity contribution is 0.0668. The van der Waals surface area contributed by atoms with Crippen molar-refractivity contribution in [1.82, 2.24) is 4.90 Å². The number of carbonyl (C=O) groups is 1. The van der Waals surface area contributed by atoms with Crippen LogP contribution in [0.25, 0.3) is 0 Å². The van der Waals surface area contributed by atoms with Gasteiger partial charge in [-0.2, -0.15) is 0 Å². The first-order valence-electron chi connectivity index (χ1n) is 6.58. The number of carbonyl (C=O) groups excluding carboxylic acids is 1. The second kappa shape index (κ2) is 5.41. The first-order valence-corrected chi connectivity index (χ1v) is 8.89. The molecule has 112 valence electrons. The first-order chi connectivity index (χ1) is 9.21. The molecule has 7 heteroatoms. The lowest BCUT2D eigenvalue weighted by Gasteiger charge is -2.26. The Morgan fingerprint density at radius 1 is 1.50 bits per heavy atom. The average molecular weight is 320 g/mol. The Kier molecular flexibility index (Phi) is 4.16. The molecule has 1 amide bonds. The number of aryl methyl sites for hydroxylation is 1. The predicted molar refractivity (Wildman–Crippen MR) is 75.4 cm³/mol. The minimum atomic E-state index is -3.89. The van der Waals surface area contributed by atoms with E-state index in [1.54, 1.807) is 4.90 Å². The predicted octanol–water partition coefficient (Wildman–Crippen LogP) is 2.78. The highest BCUT2D eigenvalue weighted by atomic mass is 35.7. The molecule has 0 spiro atoms. The molecule has 1 aromatic heterocycles. The number of likely N-dealkylation sites (tertiary alicyclic amines) is 1. The van der Waals surface area contributed by atoms with Gasteiger partial charge >= 0.3 is 0 Å². The molecule has 20 heavy (non-hydrogen) atoms. The van der Waals surface area contributed by atoms with E-state index < -0.39 is 9.05 Å². The number of rotatable bonds is 3. The molecular formula is C13H18ClNO4S. The molecule has 0 aliphatic carbocycles. The van der Waals surface area contributed by atoms with Crippen molar-refractivity contribution < 1.29 is 17.6 Å². The molecule has 2 heterocycles. The molecule has 1 fully saturated rings. The van der Waals surface area contributed by atoms with Crippen molar-refractivity contribution >= 4 is 25.6 Å². The van der Waals surface area contributed by atoms with Gasteiger partial charge in [-0.1, -0.05) is 13.8 Å². The maximum atomic E-state index is 12.4. The molecule has 1 aliphatic heterocycles. The van der Waals surface area contributed by atoms with Crippen LogP contribution in [-0.2, 0) is 9.05 Å². The van der Waals surface area contributed by atoms with Crippen LogP contribution in [0.15, 0.2) is 15.4 Å². The van der Waals surface area contributed by atoms with Crippen LogP contribution in [0.2, 0.25) is 0 Å². The van der Waals surface area contributed by atoms with Crippen molar-refractivity contribution in [1.29, 1.82) is 0 Å². The summed E-state index contributed by atoms with van der Waals surface area (Å²) in [5.74, 6) is 0.266. The molecule has 1 aliphatic rings. The molecule has 0 saturated carbocycles. The Morgan fingerprint density at radius 2 is 2.15 bits per heavy atom. The van der Waals surface area contributed by atoms with E-state index in [1.807, 2.05) is 0 Å². The minimum Gasteiger partial charge on any atom is -0.455 e. The summed E-state index contributed by atoms with van der Waals surface area (Å²) in [4.78, 5) is 14.1. The van der Waals surface area contributed by atoms with Crippen LogP contribution in [0.3, 0.4) is 0 Å². The molecule has 1 unspecified atom stereocenters. The number of hydrogen-bond donors (Lipinski definition) is 0. The number of hydrogen-bond acceptors (Lipinski definition) is 4. The fourth-order valence-electron chi connectivity index (χ4n) is 2.69. The van der Waals surface area contributed by atoms with Crippen LogP contribution in [-0.4, -0.2) is 31.8 Å². The zero-order valence-corrected chi connectivity index (χ0v) is 13.3. The second-order valence-corrected chi connectivity index (χ2v) is 7.96. The number of furan rings is 1. The molecule has 1 saturated heterocycles. The van der Waals surface area contributed by atoms with Gasteiger partial charge in [-0.3, -0.25) is 4.79 Å². The van der Waals surface area contributed by atoms with Crippen LogP contribution in [0.5, 0.6) is 0 Å². The van der Waals surface area contributed by atoms with Gasteiger partial charge in [0, 0.05) is 29.3 Å². The third-order valence-corrected chi connectivity index (χ3v) is 5.10. The highest BCUT2D eigenvalue weighted by molar-refractivity contribution is 8.13. The van der Waals surface area contributed by atoms with Crippen molar-refractivity contribution in [3.63, 3.8) is 0 Å². The molecule has 0 N–H and O–H groups in total. The monoisotopic (exact) mass is 319 g/mol. The molecule has 5 nitrogen and oxygen atoms in total. The standard InChI is InChI=1S/C13H18ClNO4S/c1-8(2)10-5-4-6-15(10)13(16)11-7-12(9(3)19-11)20(14,17)18/h7-8,10H,4-6H2,1-3H3. The highest BCUT2D eigenvalue weighted by Crippen LogP contribution is 2.28. The van der Waals surface area contributed by atoms with Crippen molar-refractivity contribution in [2.45, 2.75) is 44.6 Å². The van der Waals surface area contributed by atoms with Gasteiger partial charge in [0.1, 0.15) is 10.7 Å². The molecule has 0 aromatic carbocycles. The van der Waals surface area contributed by atoms with E-state index in [4.69, 9.17) is 15.1 Å². The summed E-state index contributed by atoms with van der Waals surface area (Å²) < 4.78 is 28.0. The average Bonchev–Trinajstić information content (AvgIpc) is 2.92. The van der Waals surface area contributed by atoms with E-state index in [-0.39, 0.29) is 28.4 Å². The fraction of sp³-hybridized carbons (Fsp3) is 0.615. The van der Waals surface area contributed by atoms with Crippen molar-refractivity contribution in [2.24, 2.45) is 5.92 Å². The third kappa shape index (κ3) is 2.86. The van der Waals surface area contributed by atoms with Crippen LogP contribution in [0.1, 0.15) is 43.0 Å². The highest BCUT2D eigenvalue weighted by Gasteiger charge is 2.34. The van der Waals surface area contributed by atoms with E-state index in [1.165, 1.54) is 13.0 Å². The van der Waals surface area contributed by atoms with Gasteiger partial charge in [0.15, 0.2) is 5.76 Å². The summed E-state index contributed by atoms with van der Waals surface area (Å²) >= 11 is 0. The Labute approximate surface area is 123 Å². The summed E-state index contributed by atoms with van der Waals surface area (Å²) in [6, 6.07) is 1.39. The summed E-state index contributed by atoms with van der Waals surface area (Å²) in [6.45, 7) is 6.29. The SMILES string of the molecule is Cc1oc(C(=O)N2CCCC2C(C)C)cc1S(=O)(=O)Cl. The van der Waals surface area contributed by atoms with Crippen LogP contribution in [0, 0.1) is 12.8 Å². The molecule has 0 bridgehead atoms. The Bertz CT molecular complexity index is 620. The van der Waals surface area contributed by atoms with E-state index >= 15 is 0 Å². The maximum absolute atomic E-state index is 12.4. The molecule has 0 radical (unpaired) electrons. The molecule has 1 atom stereocenters. The largest absolute Gasteiger partial charge is 0.455 e. The summed E-state index contributed by atoms with van der Waals surface area (Å²) in [5, 5.41) is 0. The van der Waals surface area contributed by atoms with Crippen molar-refractivity contribution in [2.75, 3.05) is 6.54 Å². The Balaban J connectivity index is 2.31. The van der Waals surface area contributed by atoms with Crippen molar-refractivity contribution in [3.05, 3.63) is 17.6 Å². The fourth-order valence-corrected chi connectivity index (χ4v) is 3.78. The zero-order chi connectivity index (χ0) is 15.1. The van der Waals surface area contributed by atoms with Gasteiger partial charge in [-0.05, 0) is 25.7 Å². The zero-order valence-electron chi connectivity index (χ0n) is 11.7. The van der Waals surface area contributed by atoms with E-state index in [2.05, 4.69) is 13.8 Å². The van der Waals surface area contributed by atoms with Gasteiger partial charge in [-0.15, -0.1) is 0 Å².